The van der Waals surface area contributed by atoms with Crippen molar-refractivity contribution in [2.75, 3.05) is 0 Å². The van der Waals surface area contributed by atoms with Gasteiger partial charge in [0.1, 0.15) is 5.82 Å². The van der Waals surface area contributed by atoms with Crippen molar-refractivity contribution in [1.29, 1.82) is 0 Å². The van der Waals surface area contributed by atoms with Gasteiger partial charge in [-0.2, -0.15) is 0 Å². The molecule has 0 aromatic heterocycles. The number of carbonyl (C=O) groups is 1. The maximum absolute atomic E-state index is 13.8. The summed E-state index contributed by atoms with van der Waals surface area (Å²) in [5.74, 6) is 2.25. The lowest BCUT2D eigenvalue weighted by Crippen LogP contribution is -2.35. The lowest BCUT2D eigenvalue weighted by molar-refractivity contribution is -0.140. The Morgan fingerprint density at radius 3 is 2.25 bits per heavy atom. The predicted molar refractivity (Wildman–Crippen MR) is 123 cm³/mol. The van der Waals surface area contributed by atoms with E-state index < -0.39 is 11.6 Å². The molecule has 1 aromatic carbocycles. The minimum atomic E-state index is -0.816. The first-order chi connectivity index (χ1) is 15.5. The Kier molecular flexibility index (Phi) is 8.23. The minimum Gasteiger partial charge on any atom is -0.423 e. The first-order valence-corrected chi connectivity index (χ1v) is 13.2. The van der Waals surface area contributed by atoms with Crippen molar-refractivity contribution in [3.05, 3.63) is 29.8 Å². The molecule has 2 nitrogen and oxygen atoms in total. The Balaban J connectivity index is 1.21. The van der Waals surface area contributed by atoms with Gasteiger partial charge >= 0.3 is 5.97 Å². The maximum atomic E-state index is 13.8. The molecule has 0 saturated heterocycles. The molecule has 178 valence electrons. The molecule has 4 heteroatoms. The Labute approximate surface area is 192 Å². The molecule has 0 heterocycles. The van der Waals surface area contributed by atoms with Crippen molar-refractivity contribution in [2.45, 2.75) is 96.8 Å². The molecule has 1 aromatic rings. The third kappa shape index (κ3) is 5.91. The summed E-state index contributed by atoms with van der Waals surface area (Å²) < 4.78 is 32.1. The van der Waals surface area contributed by atoms with Crippen LogP contribution in [0.25, 0.3) is 0 Å². The highest BCUT2D eigenvalue weighted by Gasteiger charge is 2.39. The standard InChI is InChI=1S/C28H40F2O2/c1-2-3-4-5-19-6-7-24-17-23(13-12-22(24)16-19)20-8-10-21(11-9-20)28(31)32-27-15-14-25(29)18-26(27)30/h14-15,18-24H,2-13,16-17H2,1H3. The summed E-state index contributed by atoms with van der Waals surface area (Å²) in [4.78, 5) is 12.5. The van der Waals surface area contributed by atoms with Gasteiger partial charge in [0.2, 0.25) is 0 Å². The molecule has 4 rings (SSSR count). The zero-order valence-corrected chi connectivity index (χ0v) is 19.7. The Hall–Kier alpha value is -1.45. The van der Waals surface area contributed by atoms with Crippen LogP contribution < -0.4 is 4.74 Å². The highest BCUT2D eigenvalue weighted by Crippen LogP contribution is 2.49. The summed E-state index contributed by atoms with van der Waals surface area (Å²) in [7, 11) is 0. The summed E-state index contributed by atoms with van der Waals surface area (Å²) >= 11 is 0. The summed E-state index contributed by atoms with van der Waals surface area (Å²) in [5, 5.41) is 0. The van der Waals surface area contributed by atoms with Crippen molar-refractivity contribution in [3.8, 4) is 5.75 Å². The molecule has 3 aliphatic rings. The Morgan fingerprint density at radius 2 is 1.53 bits per heavy atom. The quantitative estimate of drug-likeness (QED) is 0.240. The van der Waals surface area contributed by atoms with E-state index in [1.165, 1.54) is 70.3 Å². The molecule has 3 aliphatic carbocycles. The Bertz CT molecular complexity index is 756. The van der Waals surface area contributed by atoms with Crippen LogP contribution in [0.15, 0.2) is 18.2 Å². The molecular weight excluding hydrogens is 406 g/mol. The summed E-state index contributed by atoms with van der Waals surface area (Å²) in [6.07, 6.45) is 17.9. The normalized spacial score (nSPS) is 32.8. The van der Waals surface area contributed by atoms with Gasteiger partial charge in [0.15, 0.2) is 11.6 Å². The number of hydrogen-bond donors (Lipinski definition) is 0. The number of esters is 1. The number of carbonyl (C=O) groups excluding carboxylic acids is 1. The molecule has 0 aliphatic heterocycles. The lowest BCUT2D eigenvalue weighted by atomic mass is 9.60. The van der Waals surface area contributed by atoms with Gasteiger partial charge in [-0.25, -0.2) is 8.78 Å². The zero-order chi connectivity index (χ0) is 22.5. The average molecular weight is 447 g/mol. The molecule has 3 fully saturated rings. The fourth-order valence-corrected chi connectivity index (χ4v) is 6.97. The van der Waals surface area contributed by atoms with Crippen LogP contribution in [0.3, 0.4) is 0 Å². The first-order valence-electron chi connectivity index (χ1n) is 13.2. The number of benzene rings is 1. The molecule has 0 bridgehead atoms. The third-order valence-corrected chi connectivity index (χ3v) is 8.85. The van der Waals surface area contributed by atoms with Gasteiger partial charge in [0, 0.05) is 6.07 Å². The van der Waals surface area contributed by atoms with Gasteiger partial charge in [-0.1, -0.05) is 39.0 Å². The minimum absolute atomic E-state index is 0.161. The van der Waals surface area contributed by atoms with Gasteiger partial charge in [-0.05, 0) is 99.5 Å². The van der Waals surface area contributed by atoms with Crippen molar-refractivity contribution in [1.82, 2.24) is 0 Å². The second-order valence-electron chi connectivity index (χ2n) is 10.9. The topological polar surface area (TPSA) is 26.3 Å². The summed E-state index contributed by atoms with van der Waals surface area (Å²) in [6, 6.07) is 3.08. The molecule has 0 amide bonds. The zero-order valence-electron chi connectivity index (χ0n) is 19.7. The van der Waals surface area contributed by atoms with E-state index in [1.807, 2.05) is 0 Å². The summed E-state index contributed by atoms with van der Waals surface area (Å²) in [6.45, 7) is 2.29. The second-order valence-corrected chi connectivity index (χ2v) is 10.9. The van der Waals surface area contributed by atoms with E-state index in [0.717, 1.165) is 67.4 Å². The number of halogens is 2. The number of hydrogen-bond acceptors (Lipinski definition) is 2. The third-order valence-electron chi connectivity index (χ3n) is 8.85. The largest absolute Gasteiger partial charge is 0.423 e. The monoisotopic (exact) mass is 446 g/mol. The van der Waals surface area contributed by atoms with Crippen LogP contribution >= 0.6 is 0 Å². The van der Waals surface area contributed by atoms with E-state index in [4.69, 9.17) is 4.74 Å². The van der Waals surface area contributed by atoms with Gasteiger partial charge in [-0.3, -0.25) is 4.79 Å². The van der Waals surface area contributed by atoms with Gasteiger partial charge < -0.3 is 4.74 Å². The van der Waals surface area contributed by atoms with E-state index in [-0.39, 0.29) is 17.6 Å². The van der Waals surface area contributed by atoms with Crippen LogP contribution in [0.4, 0.5) is 8.78 Å². The van der Waals surface area contributed by atoms with Crippen LogP contribution in [0.5, 0.6) is 5.75 Å². The fraction of sp³-hybridized carbons (Fsp3) is 0.750. The van der Waals surface area contributed by atoms with Crippen LogP contribution in [-0.4, -0.2) is 5.97 Å². The van der Waals surface area contributed by atoms with Crippen molar-refractivity contribution in [3.63, 3.8) is 0 Å². The van der Waals surface area contributed by atoms with Crippen LogP contribution in [0.1, 0.15) is 96.8 Å². The molecule has 0 N–H and O–H groups in total. The molecule has 0 radical (unpaired) electrons. The second kappa shape index (κ2) is 11.1. The van der Waals surface area contributed by atoms with Gasteiger partial charge in [0.25, 0.3) is 0 Å². The first kappa shape index (κ1) is 23.7. The van der Waals surface area contributed by atoms with E-state index in [9.17, 15) is 13.6 Å². The highest BCUT2D eigenvalue weighted by molar-refractivity contribution is 5.75. The van der Waals surface area contributed by atoms with E-state index in [0.29, 0.717) is 0 Å². The molecule has 3 saturated carbocycles. The van der Waals surface area contributed by atoms with Crippen LogP contribution in [0, 0.1) is 47.1 Å². The molecule has 32 heavy (non-hydrogen) atoms. The molecule has 4 unspecified atom stereocenters. The van der Waals surface area contributed by atoms with Crippen molar-refractivity contribution in [2.24, 2.45) is 35.5 Å². The molecule has 0 spiro atoms. The Morgan fingerprint density at radius 1 is 0.875 bits per heavy atom. The maximum Gasteiger partial charge on any atom is 0.314 e. The van der Waals surface area contributed by atoms with E-state index >= 15 is 0 Å². The van der Waals surface area contributed by atoms with Gasteiger partial charge in [-0.15, -0.1) is 0 Å². The predicted octanol–water partition coefficient (Wildman–Crippen LogP) is 8.09. The number of ether oxygens (including phenoxy) is 1. The van der Waals surface area contributed by atoms with Crippen molar-refractivity contribution >= 4 is 5.97 Å². The SMILES string of the molecule is CCCCCC1CCC2CC(C3CCC(C(=O)Oc4ccc(F)cc4F)CC3)CCC2C1. The average Bonchev–Trinajstić information content (AvgIpc) is 2.81. The van der Waals surface area contributed by atoms with E-state index in [2.05, 4.69) is 6.92 Å². The van der Waals surface area contributed by atoms with Crippen LogP contribution in [0.2, 0.25) is 0 Å². The molecule has 4 atom stereocenters. The number of unbranched alkanes of at least 4 members (excludes halogenated alkanes) is 2. The van der Waals surface area contributed by atoms with Crippen LogP contribution in [-0.2, 0) is 4.79 Å². The van der Waals surface area contributed by atoms with E-state index in [1.54, 1.807) is 0 Å². The number of rotatable bonds is 7. The lowest BCUT2D eigenvalue weighted by Gasteiger charge is -2.45. The smallest absolute Gasteiger partial charge is 0.314 e. The fourth-order valence-electron chi connectivity index (χ4n) is 6.97. The molecular formula is C28H40F2O2. The highest BCUT2D eigenvalue weighted by atomic mass is 19.1. The summed E-state index contributed by atoms with van der Waals surface area (Å²) in [5.41, 5.74) is 0. The van der Waals surface area contributed by atoms with Crippen molar-refractivity contribution < 1.29 is 18.3 Å². The van der Waals surface area contributed by atoms with Gasteiger partial charge in [0.05, 0.1) is 5.92 Å². The number of fused-ring (bicyclic) bond motifs is 1.